The molecule has 0 aromatic carbocycles. The van der Waals surface area contributed by atoms with Crippen molar-refractivity contribution in [1.29, 1.82) is 0 Å². The molecule has 0 radical (unpaired) electrons. The van der Waals surface area contributed by atoms with Gasteiger partial charge in [-0.15, -0.1) is 0 Å². The van der Waals surface area contributed by atoms with E-state index in [1.807, 2.05) is 11.0 Å². The summed E-state index contributed by atoms with van der Waals surface area (Å²) in [5, 5.41) is 3.37. The molecule has 0 aliphatic carbocycles. The molecule has 0 spiro atoms. The minimum absolute atomic E-state index is 0.312. The lowest BCUT2D eigenvalue weighted by Gasteiger charge is -2.35. The Morgan fingerprint density at radius 3 is 2.50 bits per heavy atom. The standard InChI is InChI=1S/C16H25N5O/c22-15(3-2-14-4-8-17-9-5-14)20-10-12-21(13-11-20)16-18-6-1-7-19-16/h1,6-7,14,17H,2-5,8-13H2. The van der Waals surface area contributed by atoms with Gasteiger partial charge < -0.3 is 15.1 Å². The molecular weight excluding hydrogens is 278 g/mol. The van der Waals surface area contributed by atoms with Gasteiger partial charge in [0.05, 0.1) is 0 Å². The van der Waals surface area contributed by atoms with Crippen LogP contribution in [0, 0.1) is 5.92 Å². The van der Waals surface area contributed by atoms with E-state index < -0.39 is 0 Å². The third kappa shape index (κ3) is 3.94. The summed E-state index contributed by atoms with van der Waals surface area (Å²) in [7, 11) is 0. The van der Waals surface area contributed by atoms with Crippen LogP contribution in [0.5, 0.6) is 0 Å². The summed E-state index contributed by atoms with van der Waals surface area (Å²) in [5.41, 5.74) is 0. The van der Waals surface area contributed by atoms with E-state index in [1.165, 1.54) is 12.8 Å². The van der Waals surface area contributed by atoms with E-state index in [0.717, 1.165) is 57.6 Å². The van der Waals surface area contributed by atoms with Crippen molar-refractivity contribution in [3.63, 3.8) is 0 Å². The van der Waals surface area contributed by atoms with Gasteiger partial charge in [0.1, 0.15) is 0 Å². The van der Waals surface area contributed by atoms with Crippen LogP contribution in [-0.2, 0) is 4.79 Å². The number of nitrogens with zero attached hydrogens (tertiary/aromatic N) is 4. The number of rotatable bonds is 4. The third-order valence-electron chi connectivity index (χ3n) is 4.69. The van der Waals surface area contributed by atoms with Gasteiger partial charge >= 0.3 is 0 Å². The number of piperazine rings is 1. The topological polar surface area (TPSA) is 61.4 Å². The fourth-order valence-electron chi connectivity index (χ4n) is 3.27. The van der Waals surface area contributed by atoms with Crippen molar-refractivity contribution in [1.82, 2.24) is 20.2 Å². The molecular formula is C16H25N5O. The van der Waals surface area contributed by atoms with Gasteiger partial charge in [-0.05, 0) is 44.3 Å². The van der Waals surface area contributed by atoms with Crippen LogP contribution in [-0.4, -0.2) is 60.0 Å². The molecule has 120 valence electrons. The first-order valence-corrected chi connectivity index (χ1v) is 8.33. The zero-order valence-corrected chi connectivity index (χ0v) is 13.1. The molecule has 2 fully saturated rings. The van der Waals surface area contributed by atoms with Crippen molar-refractivity contribution in [2.24, 2.45) is 5.92 Å². The largest absolute Gasteiger partial charge is 0.339 e. The van der Waals surface area contributed by atoms with E-state index >= 15 is 0 Å². The van der Waals surface area contributed by atoms with E-state index in [4.69, 9.17) is 0 Å². The molecule has 0 saturated carbocycles. The van der Waals surface area contributed by atoms with Crippen LogP contribution in [0.25, 0.3) is 0 Å². The van der Waals surface area contributed by atoms with Gasteiger partial charge in [0.15, 0.2) is 0 Å². The highest BCUT2D eigenvalue weighted by molar-refractivity contribution is 5.76. The van der Waals surface area contributed by atoms with Crippen LogP contribution in [0.4, 0.5) is 5.95 Å². The number of carbonyl (C=O) groups is 1. The molecule has 2 saturated heterocycles. The summed E-state index contributed by atoms with van der Waals surface area (Å²) >= 11 is 0. The Hall–Kier alpha value is -1.69. The van der Waals surface area contributed by atoms with Crippen molar-refractivity contribution in [3.05, 3.63) is 18.5 Å². The Kier molecular flexibility index (Phi) is 5.21. The van der Waals surface area contributed by atoms with Gasteiger partial charge in [-0.3, -0.25) is 4.79 Å². The summed E-state index contributed by atoms with van der Waals surface area (Å²) in [6, 6.07) is 1.82. The summed E-state index contributed by atoms with van der Waals surface area (Å²) in [5.74, 6) is 1.81. The van der Waals surface area contributed by atoms with E-state index in [1.54, 1.807) is 12.4 Å². The SMILES string of the molecule is O=C(CCC1CCNCC1)N1CCN(c2ncccn2)CC1. The van der Waals surface area contributed by atoms with E-state index in [-0.39, 0.29) is 0 Å². The second-order valence-corrected chi connectivity index (χ2v) is 6.15. The number of anilines is 1. The summed E-state index contributed by atoms with van der Waals surface area (Å²) in [4.78, 5) is 25.0. The summed E-state index contributed by atoms with van der Waals surface area (Å²) in [6.07, 6.45) is 7.70. The lowest BCUT2D eigenvalue weighted by Crippen LogP contribution is -2.49. The van der Waals surface area contributed by atoms with Crippen molar-refractivity contribution in [2.75, 3.05) is 44.2 Å². The highest BCUT2D eigenvalue weighted by atomic mass is 16.2. The number of aromatic nitrogens is 2. The van der Waals surface area contributed by atoms with Crippen molar-refractivity contribution >= 4 is 11.9 Å². The first-order chi connectivity index (χ1) is 10.8. The van der Waals surface area contributed by atoms with E-state index in [2.05, 4.69) is 20.2 Å². The predicted octanol–water partition coefficient (Wildman–Crippen LogP) is 0.905. The molecule has 1 aromatic heterocycles. The first kappa shape index (κ1) is 15.2. The number of hydrogen-bond donors (Lipinski definition) is 1. The molecule has 0 atom stereocenters. The monoisotopic (exact) mass is 303 g/mol. The van der Waals surface area contributed by atoms with Crippen LogP contribution in [0.3, 0.4) is 0 Å². The van der Waals surface area contributed by atoms with Crippen molar-refractivity contribution in [2.45, 2.75) is 25.7 Å². The van der Waals surface area contributed by atoms with Crippen molar-refractivity contribution < 1.29 is 4.79 Å². The average molecular weight is 303 g/mol. The number of carbonyl (C=O) groups excluding carboxylic acids is 1. The Morgan fingerprint density at radius 1 is 1.14 bits per heavy atom. The second kappa shape index (κ2) is 7.54. The molecule has 3 heterocycles. The van der Waals surface area contributed by atoms with Crippen LogP contribution >= 0.6 is 0 Å². The highest BCUT2D eigenvalue weighted by Crippen LogP contribution is 2.19. The Labute approximate surface area is 131 Å². The Balaban J connectivity index is 1.41. The zero-order chi connectivity index (χ0) is 15.2. The van der Waals surface area contributed by atoms with Crippen LogP contribution in [0.2, 0.25) is 0 Å². The van der Waals surface area contributed by atoms with Gasteiger partial charge in [0, 0.05) is 45.0 Å². The predicted molar refractivity (Wildman–Crippen MR) is 85.7 cm³/mol. The minimum atomic E-state index is 0.312. The van der Waals surface area contributed by atoms with Gasteiger partial charge in [-0.25, -0.2) is 9.97 Å². The lowest BCUT2D eigenvalue weighted by molar-refractivity contribution is -0.131. The number of nitrogens with one attached hydrogen (secondary N) is 1. The summed E-state index contributed by atoms with van der Waals surface area (Å²) < 4.78 is 0. The van der Waals surface area contributed by atoms with E-state index in [0.29, 0.717) is 12.3 Å². The van der Waals surface area contributed by atoms with Crippen molar-refractivity contribution in [3.8, 4) is 0 Å². The second-order valence-electron chi connectivity index (χ2n) is 6.15. The normalized spacial score (nSPS) is 20.2. The van der Waals surface area contributed by atoms with Gasteiger partial charge in [-0.1, -0.05) is 0 Å². The average Bonchev–Trinajstić information content (AvgIpc) is 2.61. The zero-order valence-electron chi connectivity index (χ0n) is 13.1. The Bertz CT molecular complexity index is 467. The van der Waals surface area contributed by atoms with E-state index in [9.17, 15) is 4.79 Å². The summed E-state index contributed by atoms with van der Waals surface area (Å²) in [6.45, 7) is 5.42. The molecule has 6 nitrogen and oxygen atoms in total. The number of piperidine rings is 1. The molecule has 0 unspecified atom stereocenters. The van der Waals surface area contributed by atoms with Gasteiger partial charge in [0.2, 0.25) is 11.9 Å². The molecule has 1 aromatic rings. The van der Waals surface area contributed by atoms with Gasteiger partial charge in [-0.2, -0.15) is 0 Å². The molecule has 3 rings (SSSR count). The third-order valence-corrected chi connectivity index (χ3v) is 4.69. The lowest BCUT2D eigenvalue weighted by atomic mass is 9.93. The quantitative estimate of drug-likeness (QED) is 0.896. The molecule has 6 heteroatoms. The van der Waals surface area contributed by atoms with Crippen LogP contribution in [0.15, 0.2) is 18.5 Å². The smallest absolute Gasteiger partial charge is 0.225 e. The molecule has 0 bridgehead atoms. The Morgan fingerprint density at radius 2 is 1.82 bits per heavy atom. The number of amides is 1. The molecule has 2 aliphatic heterocycles. The maximum atomic E-state index is 12.3. The van der Waals surface area contributed by atoms with Gasteiger partial charge in [0.25, 0.3) is 0 Å². The fourth-order valence-corrected chi connectivity index (χ4v) is 3.27. The molecule has 1 amide bonds. The fraction of sp³-hybridized carbons (Fsp3) is 0.688. The molecule has 2 aliphatic rings. The molecule has 22 heavy (non-hydrogen) atoms. The maximum Gasteiger partial charge on any atom is 0.225 e. The van der Waals surface area contributed by atoms with Crippen LogP contribution < -0.4 is 10.2 Å². The molecule has 1 N–H and O–H groups in total. The number of hydrogen-bond acceptors (Lipinski definition) is 5. The maximum absolute atomic E-state index is 12.3. The van der Waals surface area contributed by atoms with Crippen LogP contribution in [0.1, 0.15) is 25.7 Å². The minimum Gasteiger partial charge on any atom is -0.339 e. The highest BCUT2D eigenvalue weighted by Gasteiger charge is 2.23. The first-order valence-electron chi connectivity index (χ1n) is 8.33.